The Kier molecular flexibility index (Phi) is 6.62. The normalized spacial score (nSPS) is 10.8. The highest BCUT2D eigenvalue weighted by Gasteiger charge is 2.05. The average molecular weight is 460 g/mol. The maximum Gasteiger partial charge on any atom is 0.259 e. The summed E-state index contributed by atoms with van der Waals surface area (Å²) in [7, 11) is 0. The van der Waals surface area contributed by atoms with Crippen molar-refractivity contribution in [1.82, 2.24) is 5.43 Å². The van der Waals surface area contributed by atoms with E-state index in [2.05, 4.69) is 47.7 Å². The van der Waals surface area contributed by atoms with Gasteiger partial charge in [0.25, 0.3) is 5.91 Å². The zero-order valence-electron chi connectivity index (χ0n) is 12.2. The number of hydrazone groups is 1. The van der Waals surface area contributed by atoms with Crippen LogP contribution in [0.4, 0.5) is 5.69 Å². The molecule has 0 unspecified atom stereocenters. The second-order valence-corrected chi connectivity index (χ2v) is 6.85. The fraction of sp³-hybridized carbons (Fsp3) is 0.125. The first-order valence-electron chi connectivity index (χ1n) is 6.73. The van der Waals surface area contributed by atoms with Crippen molar-refractivity contribution in [2.45, 2.75) is 6.92 Å². The molecule has 4 nitrogen and oxygen atoms in total. The summed E-state index contributed by atoms with van der Waals surface area (Å²) in [6, 6.07) is 11.1. The lowest BCUT2D eigenvalue weighted by Gasteiger charge is -2.09. The second kappa shape index (κ2) is 8.47. The predicted octanol–water partition coefficient (Wildman–Crippen LogP) is 4.74. The van der Waals surface area contributed by atoms with Crippen molar-refractivity contribution in [2.75, 3.05) is 11.9 Å². The number of benzene rings is 2. The minimum Gasteiger partial charge on any atom is -0.376 e. The van der Waals surface area contributed by atoms with Crippen molar-refractivity contribution in [3.05, 3.63) is 61.5 Å². The van der Waals surface area contributed by atoms with Gasteiger partial charge in [0.05, 0.1) is 12.8 Å². The molecule has 2 rings (SSSR count). The van der Waals surface area contributed by atoms with Gasteiger partial charge >= 0.3 is 0 Å². The highest BCUT2D eigenvalue weighted by atomic mass is 79.9. The fourth-order valence-electron chi connectivity index (χ4n) is 1.72. The Hall–Kier alpha value is -1.37. The molecule has 23 heavy (non-hydrogen) atoms. The first kappa shape index (κ1) is 18.0. The van der Waals surface area contributed by atoms with Crippen LogP contribution in [0.25, 0.3) is 0 Å². The molecular weight excluding hydrogens is 445 g/mol. The van der Waals surface area contributed by atoms with Gasteiger partial charge in [0.1, 0.15) is 0 Å². The van der Waals surface area contributed by atoms with Crippen LogP contribution in [0, 0.1) is 6.92 Å². The van der Waals surface area contributed by atoms with E-state index in [-0.39, 0.29) is 12.5 Å². The molecule has 0 saturated carbocycles. The predicted molar refractivity (Wildman–Crippen MR) is 102 cm³/mol. The Bertz CT molecular complexity index is 727. The third-order valence-electron chi connectivity index (χ3n) is 3.03. The molecule has 0 spiro atoms. The SMILES string of the molecule is Cc1c(Br)cc(NCC(=O)NN=Cc2ccccc2Cl)cc1Br. The van der Waals surface area contributed by atoms with Crippen LogP contribution in [0.5, 0.6) is 0 Å². The molecule has 2 N–H and O–H groups in total. The van der Waals surface area contributed by atoms with Gasteiger partial charge in [0.15, 0.2) is 0 Å². The highest BCUT2D eigenvalue weighted by Crippen LogP contribution is 2.28. The van der Waals surface area contributed by atoms with Crippen LogP contribution in [-0.4, -0.2) is 18.7 Å². The number of amides is 1. The molecular formula is C16H14Br2ClN3O. The van der Waals surface area contributed by atoms with E-state index in [0.717, 1.165) is 25.8 Å². The molecule has 0 radical (unpaired) electrons. The summed E-state index contributed by atoms with van der Waals surface area (Å²) in [6.45, 7) is 2.11. The molecule has 7 heteroatoms. The lowest BCUT2D eigenvalue weighted by Crippen LogP contribution is -2.25. The molecule has 0 fully saturated rings. The summed E-state index contributed by atoms with van der Waals surface area (Å²) in [4.78, 5) is 11.8. The largest absolute Gasteiger partial charge is 0.376 e. The van der Waals surface area contributed by atoms with Gasteiger partial charge < -0.3 is 5.32 Å². The van der Waals surface area contributed by atoms with E-state index in [1.54, 1.807) is 6.07 Å². The number of nitrogens with one attached hydrogen (secondary N) is 2. The zero-order valence-corrected chi connectivity index (χ0v) is 16.2. The van der Waals surface area contributed by atoms with E-state index < -0.39 is 0 Å². The molecule has 1 amide bonds. The van der Waals surface area contributed by atoms with Crippen molar-refractivity contribution in [3.8, 4) is 0 Å². The van der Waals surface area contributed by atoms with E-state index in [4.69, 9.17) is 11.6 Å². The fourth-order valence-corrected chi connectivity index (χ4v) is 3.09. The van der Waals surface area contributed by atoms with Gasteiger partial charge in [-0.2, -0.15) is 5.10 Å². The molecule has 0 atom stereocenters. The number of hydrogen-bond acceptors (Lipinski definition) is 3. The Labute approximate surface area is 156 Å². The van der Waals surface area contributed by atoms with Gasteiger partial charge in [-0.1, -0.05) is 61.7 Å². The molecule has 0 saturated heterocycles. The number of halogens is 3. The van der Waals surface area contributed by atoms with Crippen molar-refractivity contribution in [2.24, 2.45) is 5.10 Å². The van der Waals surface area contributed by atoms with Crippen LogP contribution in [-0.2, 0) is 4.79 Å². The second-order valence-electron chi connectivity index (χ2n) is 4.73. The summed E-state index contributed by atoms with van der Waals surface area (Å²) >= 11 is 12.9. The molecule has 0 heterocycles. The van der Waals surface area contributed by atoms with Crippen LogP contribution >= 0.6 is 43.5 Å². The molecule has 0 aliphatic rings. The molecule has 2 aromatic carbocycles. The van der Waals surface area contributed by atoms with Crippen molar-refractivity contribution < 1.29 is 4.79 Å². The Balaban J connectivity index is 1.87. The van der Waals surface area contributed by atoms with Crippen LogP contribution in [0.15, 0.2) is 50.4 Å². The quantitative estimate of drug-likeness (QED) is 0.502. The van der Waals surface area contributed by atoms with E-state index >= 15 is 0 Å². The van der Waals surface area contributed by atoms with Gasteiger partial charge in [0.2, 0.25) is 0 Å². The average Bonchev–Trinajstić information content (AvgIpc) is 2.52. The number of rotatable bonds is 5. The number of anilines is 1. The molecule has 120 valence electrons. The highest BCUT2D eigenvalue weighted by molar-refractivity contribution is 9.11. The van der Waals surface area contributed by atoms with E-state index in [1.807, 2.05) is 37.3 Å². The van der Waals surface area contributed by atoms with Gasteiger partial charge in [0, 0.05) is 25.2 Å². The molecule has 2 aromatic rings. The van der Waals surface area contributed by atoms with Gasteiger partial charge in [-0.3, -0.25) is 4.79 Å². The summed E-state index contributed by atoms with van der Waals surface area (Å²) in [6.07, 6.45) is 1.51. The van der Waals surface area contributed by atoms with Crippen LogP contribution in [0.1, 0.15) is 11.1 Å². The molecule has 0 aliphatic heterocycles. The standard InChI is InChI=1S/C16H14Br2ClN3O/c1-10-13(17)6-12(7-14(10)18)20-9-16(23)22-21-8-11-4-2-3-5-15(11)19/h2-8,20H,9H2,1H3,(H,22,23). The maximum absolute atomic E-state index is 11.8. The third kappa shape index (κ3) is 5.34. The van der Waals surface area contributed by atoms with Crippen molar-refractivity contribution in [1.29, 1.82) is 0 Å². The molecule has 0 aliphatic carbocycles. The Morgan fingerprint density at radius 3 is 2.57 bits per heavy atom. The van der Waals surface area contributed by atoms with Crippen LogP contribution in [0.3, 0.4) is 0 Å². The van der Waals surface area contributed by atoms with Crippen molar-refractivity contribution in [3.63, 3.8) is 0 Å². The summed E-state index contributed by atoms with van der Waals surface area (Å²) in [5, 5.41) is 7.52. The summed E-state index contributed by atoms with van der Waals surface area (Å²) < 4.78 is 1.93. The van der Waals surface area contributed by atoms with Crippen molar-refractivity contribution >= 4 is 61.3 Å². The Morgan fingerprint density at radius 2 is 1.91 bits per heavy atom. The first-order valence-corrected chi connectivity index (χ1v) is 8.69. The number of nitrogens with zero attached hydrogens (tertiary/aromatic N) is 1. The Morgan fingerprint density at radius 1 is 1.26 bits per heavy atom. The van der Waals surface area contributed by atoms with Gasteiger partial charge in [-0.05, 0) is 30.7 Å². The van der Waals surface area contributed by atoms with E-state index in [0.29, 0.717) is 5.02 Å². The smallest absolute Gasteiger partial charge is 0.259 e. The summed E-state index contributed by atoms with van der Waals surface area (Å²) in [5.74, 6) is -0.249. The third-order valence-corrected chi connectivity index (χ3v) is 5.02. The number of hydrogen-bond donors (Lipinski definition) is 2. The van der Waals surface area contributed by atoms with Crippen LogP contribution < -0.4 is 10.7 Å². The zero-order chi connectivity index (χ0) is 16.8. The number of carbonyl (C=O) groups is 1. The minimum atomic E-state index is -0.249. The minimum absolute atomic E-state index is 0.113. The van der Waals surface area contributed by atoms with Gasteiger partial charge in [-0.15, -0.1) is 0 Å². The lowest BCUT2D eigenvalue weighted by atomic mass is 10.2. The molecule has 0 bridgehead atoms. The van der Waals surface area contributed by atoms with E-state index in [1.165, 1.54) is 6.21 Å². The topological polar surface area (TPSA) is 53.5 Å². The van der Waals surface area contributed by atoms with Gasteiger partial charge in [-0.25, -0.2) is 5.43 Å². The lowest BCUT2D eigenvalue weighted by molar-refractivity contribution is -0.119. The first-order chi connectivity index (χ1) is 11.0. The van der Waals surface area contributed by atoms with E-state index in [9.17, 15) is 4.79 Å². The van der Waals surface area contributed by atoms with Crippen LogP contribution in [0.2, 0.25) is 5.02 Å². The number of carbonyl (C=O) groups excluding carboxylic acids is 1. The monoisotopic (exact) mass is 457 g/mol. The maximum atomic E-state index is 11.8. The summed E-state index contributed by atoms with van der Waals surface area (Å²) in [5.41, 5.74) is 5.13. The molecule has 0 aromatic heterocycles.